The van der Waals surface area contributed by atoms with E-state index in [1.165, 1.54) is 22.7 Å². The van der Waals surface area contributed by atoms with Crippen molar-refractivity contribution < 1.29 is 28.7 Å². The summed E-state index contributed by atoms with van der Waals surface area (Å²) in [5, 5.41) is 19.8. The van der Waals surface area contributed by atoms with Gasteiger partial charge in [0.1, 0.15) is 0 Å². The maximum absolute atomic E-state index is 13.0. The van der Waals surface area contributed by atoms with Crippen molar-refractivity contribution in [2.75, 3.05) is 49.9 Å². The number of anilines is 2. The van der Waals surface area contributed by atoms with E-state index in [-0.39, 0.29) is 47.9 Å². The van der Waals surface area contributed by atoms with E-state index in [1.807, 2.05) is 44.8 Å². The number of rotatable bonds is 14. The van der Waals surface area contributed by atoms with Crippen molar-refractivity contribution in [2.45, 2.75) is 62.2 Å². The number of likely N-dealkylation sites (tertiary alicyclic amines) is 2. The molecule has 4 aromatic heterocycles. The number of benzene rings is 1. The van der Waals surface area contributed by atoms with Crippen LogP contribution < -0.4 is 21.3 Å². The van der Waals surface area contributed by atoms with Crippen LogP contribution >= 0.6 is 45.3 Å². The first-order valence-electron chi connectivity index (χ1n) is 19.3. The highest BCUT2D eigenvalue weighted by Crippen LogP contribution is 2.33. The topological polar surface area (TPSA) is 167 Å². The molecule has 4 N–H and O–H groups in total. The number of carbonyl (C=O) groups is 4. The maximum atomic E-state index is 13.0. The van der Waals surface area contributed by atoms with Crippen LogP contribution in [0, 0.1) is 0 Å². The predicted octanol–water partition coefficient (Wildman–Crippen LogP) is 4.97. The van der Waals surface area contributed by atoms with Crippen molar-refractivity contribution in [1.29, 1.82) is 0 Å². The van der Waals surface area contributed by atoms with Gasteiger partial charge < -0.3 is 40.5 Å². The standard InChI is InChI=1S/C40H42N8O6S4/c49-35(45-33-7-5-31(57-33)39(51)47-17-25(18-47)37-41-9-11-55-37)29-13-27(15-43-29)53-21-23-1-2-24(4-3-23)22-54-28-14-30(44-16-28)36(50)46-34-8-6-32(58-34)40(52)48-19-26(20-48)38-42-10-12-56-38/h1-12,25-30,43-44H,13-22H2,(H,45,49)(H,46,50)/t27-,28-,29+,30+/m1/s1. The van der Waals surface area contributed by atoms with Crippen LogP contribution in [-0.4, -0.2) is 107 Å². The molecule has 8 heterocycles. The van der Waals surface area contributed by atoms with Gasteiger partial charge in [0.15, 0.2) is 0 Å². The van der Waals surface area contributed by atoms with Gasteiger partial charge in [0.25, 0.3) is 11.8 Å². The first-order chi connectivity index (χ1) is 28.3. The number of aromatic nitrogens is 2. The van der Waals surface area contributed by atoms with E-state index in [9.17, 15) is 19.2 Å². The molecule has 9 rings (SSSR count). The number of nitrogens with zero attached hydrogens (tertiary/aromatic N) is 4. The third kappa shape index (κ3) is 8.93. The molecule has 0 radical (unpaired) electrons. The normalized spacial score (nSPS) is 22.1. The van der Waals surface area contributed by atoms with E-state index in [2.05, 4.69) is 31.2 Å². The smallest absolute Gasteiger partial charge is 0.264 e. The molecule has 58 heavy (non-hydrogen) atoms. The van der Waals surface area contributed by atoms with E-state index >= 15 is 0 Å². The molecule has 5 aromatic rings. The highest BCUT2D eigenvalue weighted by Gasteiger charge is 2.36. The molecule has 0 bridgehead atoms. The second-order valence-corrected chi connectivity index (χ2v) is 19.0. The second-order valence-electron chi connectivity index (χ2n) is 14.9. The first-order valence-corrected chi connectivity index (χ1v) is 22.7. The van der Waals surface area contributed by atoms with Gasteiger partial charge >= 0.3 is 0 Å². The van der Waals surface area contributed by atoms with Gasteiger partial charge in [-0.15, -0.1) is 45.3 Å². The summed E-state index contributed by atoms with van der Waals surface area (Å²) < 4.78 is 12.3. The molecule has 4 atom stereocenters. The molecular weight excluding hydrogens is 817 g/mol. The van der Waals surface area contributed by atoms with Crippen molar-refractivity contribution in [1.82, 2.24) is 30.4 Å². The molecule has 1 aromatic carbocycles. The van der Waals surface area contributed by atoms with Gasteiger partial charge in [-0.2, -0.15) is 0 Å². The molecule has 4 aliphatic rings. The molecule has 4 amide bonds. The Morgan fingerprint density at radius 3 is 1.47 bits per heavy atom. The summed E-state index contributed by atoms with van der Waals surface area (Å²) in [5.74, 6) is 0.300. The lowest BCUT2D eigenvalue weighted by Gasteiger charge is -2.37. The Labute approximate surface area is 351 Å². The molecule has 14 nitrogen and oxygen atoms in total. The third-order valence-electron chi connectivity index (χ3n) is 10.9. The number of thiazole rings is 2. The average Bonchev–Trinajstić information content (AvgIpc) is 4.05. The van der Waals surface area contributed by atoms with Crippen LogP contribution in [0.1, 0.15) is 65.2 Å². The fraction of sp³-hybridized carbons (Fsp3) is 0.400. The molecule has 4 aliphatic heterocycles. The molecule has 0 spiro atoms. The number of hydrogen-bond donors (Lipinski definition) is 4. The largest absolute Gasteiger partial charge is 0.372 e. The molecule has 18 heteroatoms. The summed E-state index contributed by atoms with van der Waals surface area (Å²) >= 11 is 5.83. The van der Waals surface area contributed by atoms with Crippen LogP contribution in [0.25, 0.3) is 0 Å². The Kier molecular flexibility index (Phi) is 11.8. The zero-order chi connectivity index (χ0) is 39.6. The maximum Gasteiger partial charge on any atom is 0.264 e. The Morgan fingerprint density at radius 1 is 0.638 bits per heavy atom. The van der Waals surface area contributed by atoms with Crippen molar-refractivity contribution in [3.63, 3.8) is 0 Å². The lowest BCUT2D eigenvalue weighted by atomic mass is 10.0. The minimum absolute atomic E-state index is 0.0160. The first kappa shape index (κ1) is 39.1. The Bertz CT molecular complexity index is 2060. The minimum Gasteiger partial charge on any atom is -0.372 e. The fourth-order valence-corrected chi connectivity index (χ4v) is 10.7. The molecular formula is C40H42N8O6S4. The number of carbonyl (C=O) groups excluding carboxylic acids is 4. The summed E-state index contributed by atoms with van der Waals surface area (Å²) in [6.45, 7) is 4.66. The SMILES string of the molecule is O=C(Nc1ccc(C(=O)N2CC(c3nccs3)C2)s1)[C@@H]1C[C@@H](OCc2ccc(CO[C@H]3CN[C@H](C(=O)Nc4ccc(C(=O)N5CC(c6nccs6)C5)s4)C3)cc2)CN1. The van der Waals surface area contributed by atoms with Gasteiger partial charge in [-0.05, 0) is 48.2 Å². The van der Waals surface area contributed by atoms with Crippen LogP contribution in [0.15, 0.2) is 71.7 Å². The zero-order valence-electron chi connectivity index (χ0n) is 31.3. The molecule has 4 fully saturated rings. The van der Waals surface area contributed by atoms with Crippen LogP contribution in [0.2, 0.25) is 0 Å². The number of hydrogen-bond acceptors (Lipinski definition) is 14. The molecule has 4 saturated heterocycles. The average molecular weight is 859 g/mol. The highest BCUT2D eigenvalue weighted by molar-refractivity contribution is 7.18. The van der Waals surface area contributed by atoms with Gasteiger partial charge in [0.2, 0.25) is 11.8 Å². The highest BCUT2D eigenvalue weighted by atomic mass is 32.1. The number of nitrogens with one attached hydrogen (secondary N) is 4. The van der Waals surface area contributed by atoms with E-state index < -0.39 is 0 Å². The lowest BCUT2D eigenvalue weighted by molar-refractivity contribution is -0.118. The van der Waals surface area contributed by atoms with Crippen LogP contribution in [0.5, 0.6) is 0 Å². The Hall–Kier alpha value is -4.40. The van der Waals surface area contributed by atoms with Gasteiger partial charge in [-0.3, -0.25) is 19.2 Å². The molecule has 302 valence electrons. The molecule has 0 saturated carbocycles. The Morgan fingerprint density at radius 2 is 1.07 bits per heavy atom. The van der Waals surface area contributed by atoms with Gasteiger partial charge in [0.05, 0.1) is 67.3 Å². The van der Waals surface area contributed by atoms with Gasteiger partial charge in [-0.25, -0.2) is 9.97 Å². The molecule has 0 aliphatic carbocycles. The van der Waals surface area contributed by atoms with Crippen LogP contribution in [-0.2, 0) is 32.3 Å². The predicted molar refractivity (Wildman–Crippen MR) is 224 cm³/mol. The van der Waals surface area contributed by atoms with E-state index in [0.29, 0.717) is 96.9 Å². The van der Waals surface area contributed by atoms with Crippen LogP contribution in [0.3, 0.4) is 0 Å². The summed E-state index contributed by atoms with van der Waals surface area (Å²) in [6.07, 6.45) is 4.49. The van der Waals surface area contributed by atoms with E-state index in [4.69, 9.17) is 9.47 Å². The second kappa shape index (κ2) is 17.4. The summed E-state index contributed by atoms with van der Waals surface area (Å²) in [4.78, 5) is 65.5. The summed E-state index contributed by atoms with van der Waals surface area (Å²) in [6, 6.07) is 14.4. The van der Waals surface area contributed by atoms with Crippen molar-refractivity contribution in [3.05, 3.63) is 103 Å². The third-order valence-corrected chi connectivity index (χ3v) is 14.7. The fourth-order valence-electron chi connectivity index (χ4n) is 7.46. The van der Waals surface area contributed by atoms with Crippen LogP contribution in [0.4, 0.5) is 10.0 Å². The van der Waals surface area contributed by atoms with E-state index in [0.717, 1.165) is 21.1 Å². The molecule has 0 unspecified atom stereocenters. The Balaban J connectivity index is 0.652. The number of thiophene rings is 2. The summed E-state index contributed by atoms with van der Waals surface area (Å²) in [5.41, 5.74) is 2.05. The lowest BCUT2D eigenvalue weighted by Crippen LogP contribution is -2.48. The van der Waals surface area contributed by atoms with Crippen molar-refractivity contribution >= 4 is 79.0 Å². The van der Waals surface area contributed by atoms with Crippen molar-refractivity contribution in [2.24, 2.45) is 0 Å². The quantitative estimate of drug-likeness (QED) is 0.120. The van der Waals surface area contributed by atoms with Crippen molar-refractivity contribution in [3.8, 4) is 0 Å². The number of ether oxygens (including phenoxy) is 2. The van der Waals surface area contributed by atoms with Gasteiger partial charge in [0, 0.05) is 74.3 Å². The minimum atomic E-state index is -0.381. The summed E-state index contributed by atoms with van der Waals surface area (Å²) in [7, 11) is 0. The van der Waals surface area contributed by atoms with Gasteiger partial charge in [-0.1, -0.05) is 24.3 Å². The zero-order valence-corrected chi connectivity index (χ0v) is 34.6. The number of amides is 4. The van der Waals surface area contributed by atoms with E-state index in [1.54, 1.807) is 59.3 Å². The monoisotopic (exact) mass is 858 g/mol.